The number of hydrogen-bond donors (Lipinski definition) is 0. The van der Waals surface area contributed by atoms with Gasteiger partial charge in [0.05, 0.1) is 31.3 Å². The van der Waals surface area contributed by atoms with Crippen LogP contribution in [-0.4, -0.2) is 25.2 Å². The molecule has 0 amide bonds. The molecule has 0 fully saturated rings. The molecule has 0 saturated heterocycles. The second-order valence-corrected chi connectivity index (χ2v) is 2.89. The van der Waals surface area contributed by atoms with Crippen molar-refractivity contribution in [3.63, 3.8) is 0 Å². The van der Waals surface area contributed by atoms with Gasteiger partial charge in [-0.1, -0.05) is 5.11 Å². The van der Waals surface area contributed by atoms with Crippen LogP contribution in [-0.2, 0) is 0 Å². The van der Waals surface area contributed by atoms with E-state index in [1.807, 2.05) is 0 Å². The number of methoxy groups -OCH3 is 1. The van der Waals surface area contributed by atoms with Crippen molar-refractivity contribution in [2.45, 2.75) is 0 Å². The minimum absolute atomic E-state index is 0.160. The highest BCUT2D eigenvalue weighted by Crippen LogP contribution is 2.30. The molecular weight excluding hydrogens is 228 g/mol. The van der Waals surface area contributed by atoms with Gasteiger partial charge in [0.2, 0.25) is 0 Å². The van der Waals surface area contributed by atoms with Crippen molar-refractivity contribution in [2.75, 3.05) is 20.3 Å². The topological polar surface area (TPSA) is 110 Å². The van der Waals surface area contributed by atoms with Gasteiger partial charge in [-0.05, 0) is 17.7 Å². The molecular formula is C9H10N4O4. The third-order valence-corrected chi connectivity index (χ3v) is 1.87. The lowest BCUT2D eigenvalue weighted by atomic mass is 10.3. The quantitative estimate of drug-likeness (QED) is 0.189. The van der Waals surface area contributed by atoms with Crippen molar-refractivity contribution in [1.29, 1.82) is 0 Å². The van der Waals surface area contributed by atoms with Gasteiger partial charge in [0.15, 0.2) is 5.75 Å². The lowest BCUT2D eigenvalue weighted by Crippen LogP contribution is -2.01. The largest absolute Gasteiger partial charge is 0.493 e. The summed E-state index contributed by atoms with van der Waals surface area (Å²) < 4.78 is 10.0. The number of rotatable bonds is 6. The third-order valence-electron chi connectivity index (χ3n) is 1.87. The zero-order chi connectivity index (χ0) is 12.7. The molecule has 0 radical (unpaired) electrons. The maximum absolute atomic E-state index is 10.7. The maximum Gasteiger partial charge on any atom is 0.314 e. The van der Waals surface area contributed by atoms with E-state index in [0.29, 0.717) is 5.75 Å². The van der Waals surface area contributed by atoms with Crippen molar-refractivity contribution in [3.8, 4) is 11.5 Å². The molecule has 8 nitrogen and oxygen atoms in total. The van der Waals surface area contributed by atoms with E-state index in [4.69, 9.17) is 15.0 Å². The van der Waals surface area contributed by atoms with Crippen molar-refractivity contribution in [2.24, 2.45) is 5.11 Å². The van der Waals surface area contributed by atoms with Gasteiger partial charge >= 0.3 is 5.69 Å². The Morgan fingerprint density at radius 3 is 2.94 bits per heavy atom. The standard InChI is InChI=1S/C9H10N4O4/c1-16-9-3-2-7(6-8(9)13(14)15)17-5-4-11-12-10/h2-3,6H,4-5H2,1H3. The SMILES string of the molecule is COc1ccc(OCCN=[N+]=[N-])cc1[N+](=O)[O-]. The second-order valence-electron chi connectivity index (χ2n) is 2.89. The van der Waals surface area contributed by atoms with E-state index in [0.717, 1.165) is 0 Å². The number of nitro benzene ring substituents is 1. The van der Waals surface area contributed by atoms with E-state index in [1.165, 1.54) is 19.2 Å². The van der Waals surface area contributed by atoms with Gasteiger partial charge in [-0.15, -0.1) is 0 Å². The summed E-state index contributed by atoms with van der Waals surface area (Å²) in [5.41, 5.74) is 7.87. The zero-order valence-electron chi connectivity index (χ0n) is 9.07. The first-order valence-electron chi connectivity index (χ1n) is 4.65. The molecule has 0 aliphatic heterocycles. The minimum Gasteiger partial charge on any atom is -0.493 e. The van der Waals surface area contributed by atoms with E-state index in [9.17, 15) is 10.1 Å². The van der Waals surface area contributed by atoms with E-state index < -0.39 is 4.92 Å². The van der Waals surface area contributed by atoms with Gasteiger partial charge in [0.25, 0.3) is 0 Å². The summed E-state index contributed by atoms with van der Waals surface area (Å²) in [7, 11) is 1.35. The zero-order valence-corrected chi connectivity index (χ0v) is 9.07. The fourth-order valence-corrected chi connectivity index (χ4v) is 1.15. The van der Waals surface area contributed by atoms with Crippen molar-refractivity contribution < 1.29 is 14.4 Å². The fourth-order valence-electron chi connectivity index (χ4n) is 1.15. The summed E-state index contributed by atoms with van der Waals surface area (Å²) >= 11 is 0. The Morgan fingerprint density at radius 1 is 1.59 bits per heavy atom. The number of hydrogen-bond acceptors (Lipinski definition) is 5. The van der Waals surface area contributed by atoms with Gasteiger partial charge < -0.3 is 9.47 Å². The van der Waals surface area contributed by atoms with Crippen LogP contribution in [0.15, 0.2) is 23.3 Å². The number of nitro groups is 1. The molecule has 0 aliphatic carbocycles. The van der Waals surface area contributed by atoms with Gasteiger partial charge in [-0.3, -0.25) is 10.1 Å². The Balaban J connectivity index is 2.77. The number of azide groups is 1. The van der Waals surface area contributed by atoms with Gasteiger partial charge in [0, 0.05) is 4.91 Å². The number of ether oxygens (including phenoxy) is 2. The Hall–Kier alpha value is -2.47. The van der Waals surface area contributed by atoms with Gasteiger partial charge in [-0.25, -0.2) is 0 Å². The predicted octanol–water partition coefficient (Wildman–Crippen LogP) is 2.29. The molecule has 0 N–H and O–H groups in total. The van der Waals surface area contributed by atoms with E-state index in [1.54, 1.807) is 6.07 Å². The summed E-state index contributed by atoms with van der Waals surface area (Å²) in [4.78, 5) is 12.7. The van der Waals surface area contributed by atoms with Crippen LogP contribution in [0.25, 0.3) is 10.4 Å². The molecule has 1 aromatic carbocycles. The molecule has 1 rings (SSSR count). The molecule has 17 heavy (non-hydrogen) atoms. The maximum atomic E-state index is 10.7. The van der Waals surface area contributed by atoms with Gasteiger partial charge in [-0.2, -0.15) is 0 Å². The van der Waals surface area contributed by atoms with Crippen LogP contribution >= 0.6 is 0 Å². The molecule has 90 valence electrons. The summed E-state index contributed by atoms with van der Waals surface area (Å²) in [6, 6.07) is 4.25. The number of benzene rings is 1. The highest BCUT2D eigenvalue weighted by Gasteiger charge is 2.15. The van der Waals surface area contributed by atoms with E-state index in [-0.39, 0.29) is 24.6 Å². The highest BCUT2D eigenvalue weighted by atomic mass is 16.6. The fraction of sp³-hybridized carbons (Fsp3) is 0.333. The van der Waals surface area contributed by atoms with E-state index in [2.05, 4.69) is 10.0 Å². The summed E-state index contributed by atoms with van der Waals surface area (Å²) in [6.07, 6.45) is 0. The Morgan fingerprint density at radius 2 is 2.35 bits per heavy atom. The second kappa shape index (κ2) is 6.19. The smallest absolute Gasteiger partial charge is 0.314 e. The van der Waals surface area contributed by atoms with Crippen LogP contribution < -0.4 is 9.47 Å². The highest BCUT2D eigenvalue weighted by molar-refractivity contribution is 5.50. The van der Waals surface area contributed by atoms with Crippen molar-refractivity contribution in [3.05, 3.63) is 38.8 Å². The molecule has 8 heteroatoms. The number of nitrogens with zero attached hydrogens (tertiary/aromatic N) is 4. The molecule has 0 spiro atoms. The molecule has 0 unspecified atom stereocenters. The van der Waals surface area contributed by atoms with Crippen LogP contribution in [0.1, 0.15) is 0 Å². The monoisotopic (exact) mass is 238 g/mol. The molecule has 0 saturated carbocycles. The lowest BCUT2D eigenvalue weighted by molar-refractivity contribution is -0.385. The summed E-state index contributed by atoms with van der Waals surface area (Å²) in [5, 5.41) is 14.0. The normalized spacial score (nSPS) is 9.24. The van der Waals surface area contributed by atoms with Crippen molar-refractivity contribution >= 4 is 5.69 Å². The average molecular weight is 238 g/mol. The van der Waals surface area contributed by atoms with Crippen LogP contribution in [0.3, 0.4) is 0 Å². The molecule has 0 atom stereocenters. The summed E-state index contributed by atoms with van der Waals surface area (Å²) in [6.45, 7) is 0.323. The van der Waals surface area contributed by atoms with Crippen LogP contribution in [0.2, 0.25) is 0 Å². The molecule has 1 aromatic rings. The molecule has 0 aliphatic rings. The molecule has 0 heterocycles. The first-order chi connectivity index (χ1) is 8.19. The van der Waals surface area contributed by atoms with Crippen LogP contribution in [0.5, 0.6) is 11.5 Å². The van der Waals surface area contributed by atoms with Crippen molar-refractivity contribution in [1.82, 2.24) is 0 Å². The molecule has 0 aromatic heterocycles. The van der Waals surface area contributed by atoms with Crippen LogP contribution in [0, 0.1) is 10.1 Å². The lowest BCUT2D eigenvalue weighted by Gasteiger charge is -2.06. The first-order valence-corrected chi connectivity index (χ1v) is 4.65. The first kappa shape index (κ1) is 12.6. The van der Waals surface area contributed by atoms with E-state index >= 15 is 0 Å². The average Bonchev–Trinajstić information content (AvgIpc) is 2.34. The third kappa shape index (κ3) is 3.54. The molecule has 0 bridgehead atoms. The van der Waals surface area contributed by atoms with Crippen LogP contribution in [0.4, 0.5) is 5.69 Å². The Labute approximate surface area is 96.5 Å². The van der Waals surface area contributed by atoms with Gasteiger partial charge in [0.1, 0.15) is 5.75 Å². The summed E-state index contributed by atoms with van der Waals surface area (Å²) in [5.74, 6) is 0.489. The predicted molar refractivity (Wildman–Crippen MR) is 59.2 cm³/mol. The minimum atomic E-state index is -0.556. The Bertz CT molecular complexity index is 456. The Kier molecular flexibility index (Phi) is 4.58.